The lowest BCUT2D eigenvalue weighted by molar-refractivity contribution is -0.136. The van der Waals surface area contributed by atoms with Gasteiger partial charge in [-0.1, -0.05) is 26.0 Å². The minimum absolute atomic E-state index is 0.00453. The smallest absolute Gasteiger partial charge is 0.321 e. The molecule has 1 heterocycles. The number of anilines is 1. The first kappa shape index (κ1) is 15.4. The molecule has 1 saturated heterocycles. The van der Waals surface area contributed by atoms with Crippen molar-refractivity contribution in [3.63, 3.8) is 0 Å². The molecule has 2 rings (SSSR count). The van der Waals surface area contributed by atoms with Crippen LogP contribution < -0.4 is 5.32 Å². The van der Waals surface area contributed by atoms with E-state index in [4.69, 9.17) is 5.11 Å². The molecule has 0 aromatic heterocycles. The van der Waals surface area contributed by atoms with E-state index in [-0.39, 0.29) is 12.5 Å². The molecule has 1 aromatic rings. The standard InChI is InChI=1S/C16H22N2O3/c1-16(2)7-9-18(10-8-16)15(21)17-13-5-3-12(4-6-13)11-14(19)20/h3-6H,7-11H2,1-2H3,(H,17,21)(H,19,20). The Morgan fingerprint density at radius 2 is 1.76 bits per heavy atom. The van der Waals surface area contributed by atoms with E-state index in [1.54, 1.807) is 24.3 Å². The molecule has 1 aliphatic rings. The predicted octanol–water partition coefficient (Wildman–Crippen LogP) is 2.97. The molecule has 5 heteroatoms. The lowest BCUT2D eigenvalue weighted by Crippen LogP contribution is -2.43. The number of nitrogens with zero attached hydrogens (tertiary/aromatic N) is 1. The molecular formula is C16H22N2O3. The lowest BCUT2D eigenvalue weighted by Gasteiger charge is -2.36. The Kier molecular flexibility index (Phi) is 4.50. The third-order valence-corrected chi connectivity index (χ3v) is 3.96. The van der Waals surface area contributed by atoms with Crippen LogP contribution in [0.3, 0.4) is 0 Å². The second-order valence-corrected chi connectivity index (χ2v) is 6.35. The minimum Gasteiger partial charge on any atom is -0.481 e. The van der Waals surface area contributed by atoms with Gasteiger partial charge in [0, 0.05) is 18.8 Å². The largest absolute Gasteiger partial charge is 0.481 e. The molecule has 114 valence electrons. The molecular weight excluding hydrogens is 268 g/mol. The van der Waals surface area contributed by atoms with Crippen molar-refractivity contribution in [3.05, 3.63) is 29.8 Å². The topological polar surface area (TPSA) is 69.6 Å². The van der Waals surface area contributed by atoms with Gasteiger partial charge in [0.1, 0.15) is 0 Å². The number of hydrogen-bond donors (Lipinski definition) is 2. The van der Waals surface area contributed by atoms with Crippen LogP contribution in [0.2, 0.25) is 0 Å². The number of carbonyl (C=O) groups is 2. The number of aliphatic carboxylic acids is 1. The minimum atomic E-state index is -0.859. The fourth-order valence-electron chi connectivity index (χ4n) is 2.40. The Bertz CT molecular complexity index is 513. The van der Waals surface area contributed by atoms with Crippen molar-refractivity contribution >= 4 is 17.7 Å². The molecule has 0 aliphatic carbocycles. The molecule has 5 nitrogen and oxygen atoms in total. The van der Waals surface area contributed by atoms with E-state index < -0.39 is 5.97 Å². The first-order valence-electron chi connectivity index (χ1n) is 7.22. The van der Waals surface area contributed by atoms with Crippen molar-refractivity contribution in [2.24, 2.45) is 5.41 Å². The number of piperidine rings is 1. The van der Waals surface area contributed by atoms with Crippen molar-refractivity contribution in [1.29, 1.82) is 0 Å². The van der Waals surface area contributed by atoms with Gasteiger partial charge in [0.15, 0.2) is 0 Å². The Hall–Kier alpha value is -2.04. The van der Waals surface area contributed by atoms with Crippen LogP contribution in [0.25, 0.3) is 0 Å². The summed E-state index contributed by atoms with van der Waals surface area (Å²) in [5.74, 6) is -0.859. The first-order valence-corrected chi connectivity index (χ1v) is 7.22. The van der Waals surface area contributed by atoms with Gasteiger partial charge in [0.05, 0.1) is 6.42 Å². The summed E-state index contributed by atoms with van der Waals surface area (Å²) < 4.78 is 0. The molecule has 0 saturated carbocycles. The summed E-state index contributed by atoms with van der Waals surface area (Å²) in [6, 6.07) is 6.84. The Balaban J connectivity index is 1.89. The van der Waals surface area contributed by atoms with Crippen molar-refractivity contribution in [3.8, 4) is 0 Å². The van der Waals surface area contributed by atoms with Gasteiger partial charge >= 0.3 is 12.0 Å². The summed E-state index contributed by atoms with van der Waals surface area (Å²) in [5, 5.41) is 11.6. The van der Waals surface area contributed by atoms with Crippen LogP contribution in [0, 0.1) is 5.41 Å². The van der Waals surface area contributed by atoms with Gasteiger partial charge < -0.3 is 15.3 Å². The number of rotatable bonds is 3. The zero-order chi connectivity index (χ0) is 15.5. The van der Waals surface area contributed by atoms with Gasteiger partial charge in [-0.15, -0.1) is 0 Å². The first-order chi connectivity index (χ1) is 9.85. The number of amides is 2. The maximum absolute atomic E-state index is 12.2. The maximum atomic E-state index is 12.2. The molecule has 1 fully saturated rings. The van der Waals surface area contributed by atoms with Gasteiger partial charge in [-0.25, -0.2) is 4.79 Å². The number of likely N-dealkylation sites (tertiary alicyclic amines) is 1. The number of nitrogens with one attached hydrogen (secondary N) is 1. The summed E-state index contributed by atoms with van der Waals surface area (Å²) in [7, 11) is 0. The Morgan fingerprint density at radius 3 is 2.29 bits per heavy atom. The molecule has 21 heavy (non-hydrogen) atoms. The van der Waals surface area contributed by atoms with E-state index in [1.165, 1.54) is 0 Å². The summed E-state index contributed by atoms with van der Waals surface area (Å²) in [6.07, 6.45) is 2.02. The molecule has 0 unspecified atom stereocenters. The lowest BCUT2D eigenvalue weighted by atomic mass is 9.83. The number of carboxylic acid groups (broad SMARTS) is 1. The summed E-state index contributed by atoms with van der Waals surface area (Å²) >= 11 is 0. The number of carbonyl (C=O) groups excluding carboxylic acids is 1. The highest BCUT2D eigenvalue weighted by atomic mass is 16.4. The van der Waals surface area contributed by atoms with Crippen LogP contribution in [0.4, 0.5) is 10.5 Å². The van der Waals surface area contributed by atoms with E-state index in [9.17, 15) is 9.59 Å². The normalized spacial score (nSPS) is 17.3. The fraction of sp³-hybridized carbons (Fsp3) is 0.500. The van der Waals surface area contributed by atoms with Crippen molar-refractivity contribution < 1.29 is 14.7 Å². The van der Waals surface area contributed by atoms with Crippen molar-refractivity contribution in [2.75, 3.05) is 18.4 Å². The molecule has 1 aromatic carbocycles. The number of benzene rings is 1. The second kappa shape index (κ2) is 6.16. The van der Waals surface area contributed by atoms with E-state index in [0.717, 1.165) is 31.5 Å². The third-order valence-electron chi connectivity index (χ3n) is 3.96. The average Bonchev–Trinajstić information content (AvgIpc) is 2.40. The van der Waals surface area contributed by atoms with E-state index in [2.05, 4.69) is 19.2 Å². The van der Waals surface area contributed by atoms with Crippen molar-refractivity contribution in [1.82, 2.24) is 4.90 Å². The highest BCUT2D eigenvalue weighted by molar-refractivity contribution is 5.89. The zero-order valence-corrected chi connectivity index (χ0v) is 12.6. The van der Waals surface area contributed by atoms with E-state index in [1.807, 2.05) is 4.90 Å². The number of carboxylic acids is 1. The SMILES string of the molecule is CC1(C)CCN(C(=O)Nc2ccc(CC(=O)O)cc2)CC1. The quantitative estimate of drug-likeness (QED) is 0.899. The van der Waals surface area contributed by atoms with Crippen LogP contribution in [0.1, 0.15) is 32.3 Å². The zero-order valence-electron chi connectivity index (χ0n) is 12.6. The summed E-state index contributed by atoms with van der Waals surface area (Å²) in [5.41, 5.74) is 1.73. The summed E-state index contributed by atoms with van der Waals surface area (Å²) in [6.45, 7) is 6.00. The maximum Gasteiger partial charge on any atom is 0.321 e. The number of hydrogen-bond acceptors (Lipinski definition) is 2. The van der Waals surface area contributed by atoms with Crippen LogP contribution in [-0.4, -0.2) is 35.1 Å². The Morgan fingerprint density at radius 1 is 1.19 bits per heavy atom. The van der Waals surface area contributed by atoms with E-state index in [0.29, 0.717) is 11.1 Å². The van der Waals surface area contributed by atoms with Gasteiger partial charge in [0.25, 0.3) is 0 Å². The molecule has 1 aliphatic heterocycles. The Labute approximate surface area is 125 Å². The predicted molar refractivity (Wildman–Crippen MR) is 81.4 cm³/mol. The average molecular weight is 290 g/mol. The van der Waals surface area contributed by atoms with Crippen LogP contribution in [0.5, 0.6) is 0 Å². The highest BCUT2D eigenvalue weighted by Gasteiger charge is 2.27. The third kappa shape index (κ3) is 4.48. The van der Waals surface area contributed by atoms with Crippen molar-refractivity contribution in [2.45, 2.75) is 33.1 Å². The van der Waals surface area contributed by atoms with Gasteiger partial charge in [-0.05, 0) is 36.0 Å². The number of urea groups is 1. The molecule has 0 radical (unpaired) electrons. The molecule has 0 spiro atoms. The van der Waals surface area contributed by atoms with E-state index >= 15 is 0 Å². The molecule has 0 atom stereocenters. The fourth-order valence-corrected chi connectivity index (χ4v) is 2.40. The van der Waals surface area contributed by atoms with Crippen LogP contribution in [-0.2, 0) is 11.2 Å². The highest BCUT2D eigenvalue weighted by Crippen LogP contribution is 2.29. The molecule has 2 amide bonds. The van der Waals surface area contributed by atoms with Gasteiger partial charge in [-0.3, -0.25) is 4.79 Å². The monoisotopic (exact) mass is 290 g/mol. The molecule has 0 bridgehead atoms. The van der Waals surface area contributed by atoms with Gasteiger partial charge in [0.2, 0.25) is 0 Å². The van der Waals surface area contributed by atoms with Gasteiger partial charge in [-0.2, -0.15) is 0 Å². The van der Waals surface area contributed by atoms with Crippen LogP contribution in [0.15, 0.2) is 24.3 Å². The molecule has 2 N–H and O–H groups in total. The summed E-state index contributed by atoms with van der Waals surface area (Å²) in [4.78, 5) is 24.6. The second-order valence-electron chi connectivity index (χ2n) is 6.35. The van der Waals surface area contributed by atoms with Crippen LogP contribution >= 0.6 is 0 Å².